The van der Waals surface area contributed by atoms with E-state index in [1.54, 1.807) is 0 Å². The second-order valence-corrected chi connectivity index (χ2v) is 31.6. The molecule has 0 radical (unpaired) electrons. The van der Waals surface area contributed by atoms with Crippen LogP contribution in [0.2, 0.25) is 0 Å². The molecule has 1 N–H and O–H groups in total. The largest absolute Gasteiger partial charge is 0.472 e. The number of phosphoric ester groups is 1. The summed E-state index contributed by atoms with van der Waals surface area (Å²) >= 11 is 0. The van der Waals surface area contributed by atoms with E-state index < -0.39 is 26.5 Å². The van der Waals surface area contributed by atoms with E-state index in [-0.39, 0.29) is 25.6 Å². The van der Waals surface area contributed by atoms with E-state index in [1.165, 1.54) is 327 Å². The number of phosphoric acid groups is 1. The zero-order valence-electron chi connectivity index (χ0n) is 65.8. The van der Waals surface area contributed by atoms with Gasteiger partial charge in [0.05, 0.1) is 27.7 Å². The van der Waals surface area contributed by atoms with Crippen LogP contribution in [0.25, 0.3) is 0 Å². The SMILES string of the molecule is CC/C=C\C/C=C\C/C=C\C/C=C\CCCCCCCCCCCCCCCCCCCCCCCCCCCCC(=O)OC(COC(=O)CCCCCCCCCCCCCCCCCCCCCCCCC/C=C\C/C=C\CCCCCCC)COP(=O)(O)OCC[N+](C)(C)C. The molecule has 0 aromatic rings. The number of rotatable bonds is 80. The molecule has 0 spiro atoms. The lowest BCUT2D eigenvalue weighted by molar-refractivity contribution is -0.870. The van der Waals surface area contributed by atoms with Crippen molar-refractivity contribution < 1.29 is 42.1 Å². The number of allylic oxidation sites excluding steroid dienone is 12. The lowest BCUT2D eigenvalue weighted by atomic mass is 10.0. The Morgan fingerprint density at radius 2 is 0.582 bits per heavy atom. The predicted octanol–water partition coefficient (Wildman–Crippen LogP) is 28.6. The van der Waals surface area contributed by atoms with Gasteiger partial charge < -0.3 is 18.9 Å². The van der Waals surface area contributed by atoms with Gasteiger partial charge in [0.25, 0.3) is 0 Å². The molecule has 574 valence electrons. The van der Waals surface area contributed by atoms with Crippen LogP contribution in [0.4, 0.5) is 0 Å². The van der Waals surface area contributed by atoms with Gasteiger partial charge in [-0.05, 0) is 83.5 Å². The molecule has 0 aromatic heterocycles. The van der Waals surface area contributed by atoms with Crippen molar-refractivity contribution in [3.63, 3.8) is 0 Å². The minimum atomic E-state index is -4.40. The summed E-state index contributed by atoms with van der Waals surface area (Å²) in [6.07, 6.45) is 108. The third kappa shape index (κ3) is 82.4. The second kappa shape index (κ2) is 78.6. The first-order valence-corrected chi connectivity index (χ1v) is 44.2. The maximum atomic E-state index is 12.9. The molecule has 0 saturated carbocycles. The summed E-state index contributed by atoms with van der Waals surface area (Å²) in [7, 11) is 1.50. The molecule has 9 nitrogen and oxygen atoms in total. The van der Waals surface area contributed by atoms with Crippen LogP contribution in [0.5, 0.6) is 0 Å². The summed E-state index contributed by atoms with van der Waals surface area (Å²) in [4.78, 5) is 36.0. The lowest BCUT2D eigenvalue weighted by Gasteiger charge is -2.24. The normalized spacial score (nSPS) is 13.3. The molecule has 0 bridgehead atoms. The molecule has 0 aliphatic heterocycles. The predicted molar refractivity (Wildman–Crippen MR) is 427 cm³/mol. The molecule has 0 aliphatic rings. The topological polar surface area (TPSA) is 108 Å². The van der Waals surface area contributed by atoms with E-state index in [4.69, 9.17) is 18.5 Å². The van der Waals surface area contributed by atoms with Crippen molar-refractivity contribution in [3.8, 4) is 0 Å². The molecule has 2 atom stereocenters. The molecule has 0 fully saturated rings. The average molecular weight is 1400 g/mol. The van der Waals surface area contributed by atoms with E-state index in [1.807, 2.05) is 21.1 Å². The van der Waals surface area contributed by atoms with Crippen LogP contribution in [0, 0.1) is 0 Å². The van der Waals surface area contributed by atoms with Gasteiger partial charge in [0, 0.05) is 12.8 Å². The van der Waals surface area contributed by atoms with Crippen LogP contribution < -0.4 is 0 Å². The van der Waals surface area contributed by atoms with Crippen LogP contribution >= 0.6 is 7.82 Å². The quantitative estimate of drug-likeness (QED) is 0.0211. The molecule has 2 unspecified atom stereocenters. The van der Waals surface area contributed by atoms with Gasteiger partial charge in [-0.2, -0.15) is 0 Å². The average Bonchev–Trinajstić information content (AvgIpc) is 1.23. The summed E-state index contributed by atoms with van der Waals surface area (Å²) < 4.78 is 34.9. The highest BCUT2D eigenvalue weighted by atomic mass is 31.2. The number of ether oxygens (including phenoxy) is 2. The summed E-state index contributed by atoms with van der Waals surface area (Å²) in [5.41, 5.74) is 0. The summed E-state index contributed by atoms with van der Waals surface area (Å²) in [6, 6.07) is 0. The third-order valence-electron chi connectivity index (χ3n) is 19.2. The zero-order chi connectivity index (χ0) is 71.1. The highest BCUT2D eigenvalue weighted by Crippen LogP contribution is 2.43. The van der Waals surface area contributed by atoms with Gasteiger partial charge in [0.2, 0.25) is 0 Å². The van der Waals surface area contributed by atoms with Crippen molar-refractivity contribution >= 4 is 19.8 Å². The number of carbonyl (C=O) groups excluding carboxylic acids is 2. The number of hydrogen-bond donors (Lipinski definition) is 1. The molecule has 0 rings (SSSR count). The van der Waals surface area contributed by atoms with Crippen molar-refractivity contribution in [2.75, 3.05) is 47.5 Å². The zero-order valence-corrected chi connectivity index (χ0v) is 66.7. The van der Waals surface area contributed by atoms with Crippen LogP contribution in [-0.2, 0) is 32.7 Å². The fourth-order valence-corrected chi connectivity index (χ4v) is 13.5. The summed E-state index contributed by atoms with van der Waals surface area (Å²) in [5.74, 6) is -0.772. The molecule has 10 heteroatoms. The maximum absolute atomic E-state index is 12.9. The fourth-order valence-electron chi connectivity index (χ4n) is 12.8. The van der Waals surface area contributed by atoms with Gasteiger partial charge in [-0.25, -0.2) is 4.57 Å². The third-order valence-corrected chi connectivity index (χ3v) is 20.2. The van der Waals surface area contributed by atoms with Gasteiger partial charge in [0.15, 0.2) is 6.10 Å². The van der Waals surface area contributed by atoms with Crippen LogP contribution in [0.15, 0.2) is 72.9 Å². The minimum Gasteiger partial charge on any atom is -0.462 e. The molecular formula is C88H165NO8P+. The van der Waals surface area contributed by atoms with Gasteiger partial charge in [-0.15, -0.1) is 0 Å². The first-order valence-electron chi connectivity index (χ1n) is 42.7. The second-order valence-electron chi connectivity index (χ2n) is 30.2. The fraction of sp³-hybridized carbons (Fsp3) is 0.841. The molecule has 0 aromatic carbocycles. The molecule has 0 heterocycles. The van der Waals surface area contributed by atoms with E-state index in [0.717, 1.165) is 64.2 Å². The van der Waals surface area contributed by atoms with Crippen molar-refractivity contribution in [1.29, 1.82) is 0 Å². The standard InChI is InChI=1S/C88H164NO8P/c1-6-8-10-12-14-16-18-20-22-24-26-28-30-32-34-36-38-40-42-43-44-45-47-49-51-53-55-57-59-61-63-65-67-69-71-73-75-77-79-81-88(91)97-86(85-96-98(92,93)95-83-82-89(3,4)5)84-94-87(90)80-78-76-74-72-70-68-66-64-62-60-58-56-54-52-50-48-46-41-39-37-35-33-31-29-27-25-23-21-19-17-15-13-11-9-7-2/h8,10,14,16,19-22,25-28,86H,6-7,9,11-13,15,17-18,23-24,29-85H2,1-5H3/p+1/b10-8-,16-14-,21-19-,22-20-,27-25-,28-26-. The van der Waals surface area contributed by atoms with Gasteiger partial charge >= 0.3 is 19.8 Å². The number of likely N-dealkylation sites (N-methyl/N-ethyl adjacent to an activating group) is 1. The van der Waals surface area contributed by atoms with Crippen LogP contribution in [-0.4, -0.2) is 74.9 Å². The smallest absolute Gasteiger partial charge is 0.462 e. The number of esters is 2. The van der Waals surface area contributed by atoms with Crippen molar-refractivity contribution in [2.24, 2.45) is 0 Å². The number of carbonyl (C=O) groups is 2. The Hall–Kier alpha value is -2.55. The Morgan fingerprint density at radius 1 is 0.327 bits per heavy atom. The van der Waals surface area contributed by atoms with E-state index in [0.29, 0.717) is 23.9 Å². The molecule has 0 saturated heterocycles. The Balaban J connectivity index is 3.87. The highest BCUT2D eigenvalue weighted by Gasteiger charge is 2.27. The Morgan fingerprint density at radius 3 is 0.867 bits per heavy atom. The summed E-state index contributed by atoms with van der Waals surface area (Å²) in [5, 5.41) is 0. The van der Waals surface area contributed by atoms with Crippen LogP contribution in [0.3, 0.4) is 0 Å². The molecular weight excluding hydrogens is 1230 g/mol. The summed E-state index contributed by atoms with van der Waals surface area (Å²) in [6.45, 7) is 4.38. The molecule has 98 heavy (non-hydrogen) atoms. The Bertz CT molecular complexity index is 1890. The van der Waals surface area contributed by atoms with E-state index in [9.17, 15) is 19.0 Å². The Kier molecular flexibility index (Phi) is 76.5. The highest BCUT2D eigenvalue weighted by molar-refractivity contribution is 7.47. The first-order chi connectivity index (χ1) is 48.0. The van der Waals surface area contributed by atoms with Gasteiger partial charge in [0.1, 0.15) is 19.8 Å². The van der Waals surface area contributed by atoms with Gasteiger partial charge in [-0.3, -0.25) is 18.6 Å². The lowest BCUT2D eigenvalue weighted by Crippen LogP contribution is -2.37. The van der Waals surface area contributed by atoms with Crippen LogP contribution in [0.1, 0.15) is 425 Å². The number of nitrogens with zero attached hydrogens (tertiary/aromatic N) is 1. The molecule has 0 amide bonds. The van der Waals surface area contributed by atoms with Crippen molar-refractivity contribution in [2.45, 2.75) is 431 Å². The van der Waals surface area contributed by atoms with E-state index >= 15 is 0 Å². The number of quaternary nitrogens is 1. The minimum absolute atomic E-state index is 0.0342. The van der Waals surface area contributed by atoms with Crippen molar-refractivity contribution in [1.82, 2.24) is 0 Å². The van der Waals surface area contributed by atoms with E-state index in [2.05, 4.69) is 86.8 Å². The number of hydrogen-bond acceptors (Lipinski definition) is 7. The number of unbranched alkanes of at least 4 members (excludes halogenated alkanes) is 54. The molecule has 0 aliphatic carbocycles. The first kappa shape index (κ1) is 95.5. The monoisotopic (exact) mass is 1400 g/mol. The van der Waals surface area contributed by atoms with Gasteiger partial charge in [-0.1, -0.05) is 401 Å². The Labute approximate surface area is 609 Å². The van der Waals surface area contributed by atoms with Crippen molar-refractivity contribution in [3.05, 3.63) is 72.9 Å². The maximum Gasteiger partial charge on any atom is 0.472 e.